The first kappa shape index (κ1) is 23.6. The van der Waals surface area contributed by atoms with E-state index in [1.54, 1.807) is 17.9 Å². The number of thioether (sulfide) groups is 1. The van der Waals surface area contributed by atoms with Gasteiger partial charge in [-0.1, -0.05) is 53.5 Å². The summed E-state index contributed by atoms with van der Waals surface area (Å²) in [5, 5.41) is 4.17. The van der Waals surface area contributed by atoms with Crippen LogP contribution in [0.15, 0.2) is 48.5 Å². The summed E-state index contributed by atoms with van der Waals surface area (Å²) in [4.78, 5) is 27.1. The second kappa shape index (κ2) is 11.5. The predicted molar refractivity (Wildman–Crippen MR) is 122 cm³/mol. The molecule has 1 N–H and O–H groups in total. The molecule has 0 saturated heterocycles. The van der Waals surface area contributed by atoms with Crippen molar-refractivity contribution in [3.05, 3.63) is 69.7 Å². The monoisotopic (exact) mass is 452 g/mol. The Morgan fingerprint density at radius 3 is 2.45 bits per heavy atom. The first-order valence-electron chi connectivity index (χ1n) is 9.43. The molecular formula is C22H26Cl2N2O2S. The average Bonchev–Trinajstić information content (AvgIpc) is 2.66. The van der Waals surface area contributed by atoms with Gasteiger partial charge in [-0.25, -0.2) is 0 Å². The molecule has 0 bridgehead atoms. The molecule has 0 aromatic heterocycles. The van der Waals surface area contributed by atoms with Crippen molar-refractivity contribution in [1.82, 2.24) is 10.2 Å². The molecule has 2 aromatic carbocycles. The zero-order valence-corrected chi connectivity index (χ0v) is 19.2. The number of amides is 2. The minimum Gasteiger partial charge on any atom is -0.352 e. The highest BCUT2D eigenvalue weighted by Gasteiger charge is 2.26. The molecule has 1 atom stereocenters. The molecule has 2 amide bonds. The summed E-state index contributed by atoms with van der Waals surface area (Å²) in [5.41, 5.74) is 1.87. The van der Waals surface area contributed by atoms with Crippen LogP contribution in [0.5, 0.6) is 0 Å². The van der Waals surface area contributed by atoms with E-state index < -0.39 is 6.04 Å². The Morgan fingerprint density at radius 1 is 1.07 bits per heavy atom. The van der Waals surface area contributed by atoms with Crippen LogP contribution in [0.2, 0.25) is 10.0 Å². The van der Waals surface area contributed by atoms with E-state index in [0.29, 0.717) is 22.3 Å². The van der Waals surface area contributed by atoms with Crippen molar-refractivity contribution in [2.75, 3.05) is 5.75 Å². The molecule has 0 aliphatic heterocycles. The van der Waals surface area contributed by atoms with E-state index in [2.05, 4.69) is 5.32 Å². The van der Waals surface area contributed by atoms with Crippen molar-refractivity contribution in [2.24, 2.45) is 0 Å². The Balaban J connectivity index is 2.09. The lowest BCUT2D eigenvalue weighted by Gasteiger charge is -2.29. The molecule has 0 spiro atoms. The number of benzene rings is 2. The van der Waals surface area contributed by atoms with Crippen molar-refractivity contribution < 1.29 is 9.59 Å². The maximum absolute atomic E-state index is 13.0. The predicted octanol–water partition coefficient (Wildman–Crippen LogP) is 5.17. The van der Waals surface area contributed by atoms with E-state index in [1.807, 2.05) is 56.3 Å². The number of nitrogens with zero attached hydrogens (tertiary/aromatic N) is 1. The van der Waals surface area contributed by atoms with Crippen LogP contribution in [0, 0.1) is 0 Å². The van der Waals surface area contributed by atoms with Gasteiger partial charge in [-0.15, -0.1) is 11.8 Å². The molecule has 0 saturated carbocycles. The number of halogens is 2. The fraction of sp³-hybridized carbons (Fsp3) is 0.364. The third kappa shape index (κ3) is 7.57. The Bertz CT molecular complexity index is 845. The smallest absolute Gasteiger partial charge is 0.242 e. The zero-order chi connectivity index (χ0) is 21.4. The fourth-order valence-electron chi connectivity index (χ4n) is 2.77. The molecule has 4 nitrogen and oxygen atoms in total. The topological polar surface area (TPSA) is 49.4 Å². The first-order valence-corrected chi connectivity index (χ1v) is 11.3. The third-order valence-electron chi connectivity index (χ3n) is 4.28. The van der Waals surface area contributed by atoms with Crippen molar-refractivity contribution in [3.63, 3.8) is 0 Å². The van der Waals surface area contributed by atoms with E-state index in [-0.39, 0.29) is 23.6 Å². The molecule has 0 aliphatic carbocycles. The van der Waals surface area contributed by atoms with E-state index in [1.165, 1.54) is 11.8 Å². The Kier molecular flexibility index (Phi) is 9.34. The quantitative estimate of drug-likeness (QED) is 0.570. The molecule has 29 heavy (non-hydrogen) atoms. The Hall–Kier alpha value is -1.69. The second-order valence-electron chi connectivity index (χ2n) is 7.08. The summed E-state index contributed by atoms with van der Waals surface area (Å²) < 4.78 is 0. The number of hydrogen-bond acceptors (Lipinski definition) is 3. The van der Waals surface area contributed by atoms with E-state index in [4.69, 9.17) is 23.2 Å². The fourth-order valence-corrected chi connectivity index (χ4v) is 4.18. The third-order valence-corrected chi connectivity index (χ3v) is 5.85. The van der Waals surface area contributed by atoms with Gasteiger partial charge < -0.3 is 10.2 Å². The lowest BCUT2D eigenvalue weighted by Crippen LogP contribution is -2.49. The number of hydrogen-bond donors (Lipinski definition) is 1. The van der Waals surface area contributed by atoms with Gasteiger partial charge in [-0.2, -0.15) is 0 Å². The standard InChI is InChI=1S/C22H26Cl2N2O2S/c1-15(2)25-22(28)16(3)26(12-17-7-6-9-19(23)11-17)21(27)14-29-13-18-8-4-5-10-20(18)24/h4-11,15-16H,12-14H2,1-3H3,(H,25,28). The van der Waals surface area contributed by atoms with Gasteiger partial charge in [0.15, 0.2) is 0 Å². The summed E-state index contributed by atoms with van der Waals surface area (Å²) in [5.74, 6) is 0.605. The van der Waals surface area contributed by atoms with Crippen molar-refractivity contribution in [1.29, 1.82) is 0 Å². The minimum absolute atomic E-state index is 0.00247. The van der Waals surface area contributed by atoms with Crippen LogP contribution in [0.25, 0.3) is 0 Å². The minimum atomic E-state index is -0.593. The highest BCUT2D eigenvalue weighted by atomic mass is 35.5. The molecule has 1 unspecified atom stereocenters. The van der Waals surface area contributed by atoms with Crippen LogP contribution in [-0.4, -0.2) is 34.6 Å². The van der Waals surface area contributed by atoms with Crippen LogP contribution in [0.4, 0.5) is 0 Å². The van der Waals surface area contributed by atoms with Gasteiger partial charge in [0.25, 0.3) is 0 Å². The SMILES string of the molecule is CC(C)NC(=O)C(C)N(Cc1cccc(Cl)c1)C(=O)CSCc1ccccc1Cl. The molecule has 0 heterocycles. The molecule has 7 heteroatoms. The maximum Gasteiger partial charge on any atom is 0.242 e. The number of nitrogens with one attached hydrogen (secondary N) is 1. The lowest BCUT2D eigenvalue weighted by atomic mass is 10.1. The summed E-state index contributed by atoms with van der Waals surface area (Å²) in [6.45, 7) is 5.86. The molecule has 0 aliphatic rings. The van der Waals surface area contributed by atoms with E-state index in [0.717, 1.165) is 11.1 Å². The Labute approximate surface area is 187 Å². The lowest BCUT2D eigenvalue weighted by molar-refractivity contribution is -0.138. The molecular weight excluding hydrogens is 427 g/mol. The number of carbonyl (C=O) groups excluding carboxylic acids is 2. The largest absolute Gasteiger partial charge is 0.352 e. The first-order chi connectivity index (χ1) is 13.8. The van der Waals surface area contributed by atoms with Crippen LogP contribution < -0.4 is 5.32 Å². The van der Waals surface area contributed by atoms with E-state index >= 15 is 0 Å². The van der Waals surface area contributed by atoms with Crippen molar-refractivity contribution >= 4 is 46.8 Å². The maximum atomic E-state index is 13.0. The van der Waals surface area contributed by atoms with Crippen molar-refractivity contribution in [2.45, 2.75) is 45.2 Å². The normalized spacial score (nSPS) is 11.9. The summed E-state index contributed by atoms with van der Waals surface area (Å²) in [6, 6.07) is 14.3. The van der Waals surface area contributed by atoms with Crippen LogP contribution in [0.3, 0.4) is 0 Å². The van der Waals surface area contributed by atoms with Crippen LogP contribution in [-0.2, 0) is 21.9 Å². The van der Waals surface area contributed by atoms with Gasteiger partial charge in [-0.3, -0.25) is 9.59 Å². The summed E-state index contributed by atoms with van der Waals surface area (Å²) in [7, 11) is 0. The number of carbonyl (C=O) groups is 2. The van der Waals surface area contributed by atoms with Gasteiger partial charge in [0, 0.05) is 28.4 Å². The Morgan fingerprint density at radius 2 is 1.79 bits per heavy atom. The summed E-state index contributed by atoms with van der Waals surface area (Å²) in [6.07, 6.45) is 0. The molecule has 0 radical (unpaired) electrons. The van der Waals surface area contributed by atoms with Crippen LogP contribution in [0.1, 0.15) is 31.9 Å². The molecule has 2 rings (SSSR count). The van der Waals surface area contributed by atoms with Crippen LogP contribution >= 0.6 is 35.0 Å². The average molecular weight is 453 g/mol. The second-order valence-corrected chi connectivity index (χ2v) is 8.90. The molecule has 156 valence electrons. The van der Waals surface area contributed by atoms with Gasteiger partial charge >= 0.3 is 0 Å². The highest BCUT2D eigenvalue weighted by Crippen LogP contribution is 2.22. The van der Waals surface area contributed by atoms with Gasteiger partial charge in [0.1, 0.15) is 6.04 Å². The number of rotatable bonds is 9. The van der Waals surface area contributed by atoms with Crippen molar-refractivity contribution in [3.8, 4) is 0 Å². The van der Waals surface area contributed by atoms with Gasteiger partial charge in [0.05, 0.1) is 5.75 Å². The molecule has 2 aromatic rings. The highest BCUT2D eigenvalue weighted by molar-refractivity contribution is 7.99. The summed E-state index contributed by atoms with van der Waals surface area (Å²) >= 11 is 13.8. The molecule has 0 fully saturated rings. The zero-order valence-electron chi connectivity index (χ0n) is 16.8. The van der Waals surface area contributed by atoms with Gasteiger partial charge in [0.2, 0.25) is 11.8 Å². The van der Waals surface area contributed by atoms with E-state index in [9.17, 15) is 9.59 Å². The van der Waals surface area contributed by atoms with Gasteiger partial charge in [-0.05, 0) is 50.1 Å².